The predicted octanol–water partition coefficient (Wildman–Crippen LogP) is 6.35. The first-order valence-corrected chi connectivity index (χ1v) is 12.7. The summed E-state index contributed by atoms with van der Waals surface area (Å²) >= 11 is 5.26. The van der Waals surface area contributed by atoms with Gasteiger partial charge in [0.25, 0.3) is 10.4 Å². The molecule has 0 radical (unpaired) electrons. The van der Waals surface area contributed by atoms with E-state index in [9.17, 15) is 0 Å². The van der Waals surface area contributed by atoms with Gasteiger partial charge in [0.1, 0.15) is 0 Å². The number of rotatable bonds is 8. The molecule has 0 bridgehead atoms. The normalized spacial score (nSPS) is 19.6. The summed E-state index contributed by atoms with van der Waals surface area (Å²) in [7, 11) is 0. The third kappa shape index (κ3) is 5.11. The monoisotopic (exact) mass is 554 g/mol. The van der Waals surface area contributed by atoms with Gasteiger partial charge in [-0.05, 0) is 65.5 Å². The SMILES string of the molecule is CC(C)=C[C@@H]1[C@@H](c2nnc(SCc3nnc(SCc4ccc(I)cc4)o3)o2)C1(C)C. The van der Waals surface area contributed by atoms with Gasteiger partial charge in [-0.1, -0.05) is 61.2 Å². The number of nitrogens with zero attached hydrogens (tertiary/aromatic N) is 4. The van der Waals surface area contributed by atoms with Crippen molar-refractivity contribution in [2.24, 2.45) is 11.3 Å². The minimum atomic E-state index is 0.154. The zero-order valence-electron chi connectivity index (χ0n) is 17.3. The van der Waals surface area contributed by atoms with Crippen LogP contribution in [0.25, 0.3) is 0 Å². The Hall–Kier alpha value is -1.33. The van der Waals surface area contributed by atoms with E-state index in [1.54, 1.807) is 0 Å². The van der Waals surface area contributed by atoms with Crippen molar-refractivity contribution in [2.45, 2.75) is 55.6 Å². The lowest BCUT2D eigenvalue weighted by Crippen LogP contribution is -1.90. The molecule has 158 valence electrons. The van der Waals surface area contributed by atoms with E-state index >= 15 is 0 Å². The van der Waals surface area contributed by atoms with Crippen LogP contribution in [-0.4, -0.2) is 20.4 Å². The number of hydrogen-bond acceptors (Lipinski definition) is 8. The van der Waals surface area contributed by atoms with Crippen LogP contribution in [0.1, 0.15) is 51.0 Å². The fraction of sp³-hybridized carbons (Fsp3) is 0.429. The molecule has 2 atom stereocenters. The lowest BCUT2D eigenvalue weighted by molar-refractivity contribution is 0.398. The molecular formula is C21H23IN4O2S2. The summed E-state index contributed by atoms with van der Waals surface area (Å²) in [4.78, 5) is 0. The molecular weight excluding hydrogens is 531 g/mol. The Balaban J connectivity index is 1.30. The molecule has 0 spiro atoms. The van der Waals surface area contributed by atoms with Crippen LogP contribution >= 0.6 is 46.1 Å². The molecule has 0 amide bonds. The number of halogens is 1. The van der Waals surface area contributed by atoms with Gasteiger partial charge in [-0.25, -0.2) is 0 Å². The van der Waals surface area contributed by atoms with Crippen molar-refractivity contribution in [2.75, 3.05) is 0 Å². The highest BCUT2D eigenvalue weighted by molar-refractivity contribution is 14.1. The fourth-order valence-electron chi connectivity index (χ4n) is 3.43. The van der Waals surface area contributed by atoms with Crippen LogP contribution in [-0.2, 0) is 11.5 Å². The van der Waals surface area contributed by atoms with Crippen LogP contribution in [0.2, 0.25) is 0 Å². The fourth-order valence-corrected chi connectivity index (χ4v) is 5.13. The Morgan fingerprint density at radius 3 is 2.40 bits per heavy atom. The highest BCUT2D eigenvalue weighted by Crippen LogP contribution is 2.65. The molecule has 2 heterocycles. The summed E-state index contributed by atoms with van der Waals surface area (Å²) in [6.45, 7) is 8.73. The third-order valence-electron chi connectivity index (χ3n) is 5.15. The van der Waals surface area contributed by atoms with E-state index in [0.29, 0.717) is 33.9 Å². The molecule has 1 aliphatic rings. The Morgan fingerprint density at radius 2 is 1.67 bits per heavy atom. The Bertz CT molecular complexity index is 1040. The van der Waals surface area contributed by atoms with Gasteiger partial charge < -0.3 is 8.83 Å². The highest BCUT2D eigenvalue weighted by atomic mass is 127. The second-order valence-corrected chi connectivity index (χ2v) is 11.2. The minimum Gasteiger partial charge on any atom is -0.416 e. The van der Waals surface area contributed by atoms with E-state index in [4.69, 9.17) is 8.83 Å². The standard InChI is InChI=1S/C21H23IN4O2S2/c1-12(2)9-15-17(21(15,3)4)18-24-26-20(28-18)30-11-16-23-25-19(27-16)29-10-13-5-7-14(22)8-6-13/h5-9,15,17H,10-11H2,1-4H3/t15-,17+/m1/s1. The van der Waals surface area contributed by atoms with Crippen LogP contribution in [0.15, 0.2) is 55.2 Å². The first kappa shape index (κ1) is 21.9. The van der Waals surface area contributed by atoms with E-state index in [1.807, 2.05) is 0 Å². The molecule has 1 saturated carbocycles. The van der Waals surface area contributed by atoms with Crippen molar-refractivity contribution in [3.8, 4) is 0 Å². The van der Waals surface area contributed by atoms with Gasteiger partial charge in [0, 0.05) is 15.2 Å². The zero-order chi connectivity index (χ0) is 21.3. The quantitative estimate of drug-likeness (QED) is 0.181. The van der Waals surface area contributed by atoms with Crippen LogP contribution in [0.4, 0.5) is 0 Å². The maximum absolute atomic E-state index is 5.91. The Kier molecular flexibility index (Phi) is 6.59. The van der Waals surface area contributed by atoms with Crippen LogP contribution < -0.4 is 0 Å². The zero-order valence-corrected chi connectivity index (χ0v) is 21.0. The van der Waals surface area contributed by atoms with Gasteiger partial charge in [0.05, 0.1) is 5.75 Å². The summed E-state index contributed by atoms with van der Waals surface area (Å²) in [5.41, 5.74) is 2.70. The van der Waals surface area contributed by atoms with Gasteiger partial charge in [0.2, 0.25) is 11.8 Å². The molecule has 30 heavy (non-hydrogen) atoms. The minimum absolute atomic E-state index is 0.154. The van der Waals surface area contributed by atoms with Gasteiger partial charge in [-0.3, -0.25) is 0 Å². The molecule has 0 aliphatic heterocycles. The molecule has 4 rings (SSSR count). The summed E-state index contributed by atoms with van der Waals surface area (Å²) in [6, 6.07) is 8.40. The maximum Gasteiger partial charge on any atom is 0.277 e. The number of hydrogen-bond donors (Lipinski definition) is 0. The van der Waals surface area contributed by atoms with E-state index < -0.39 is 0 Å². The van der Waals surface area contributed by atoms with E-state index in [1.165, 1.54) is 38.2 Å². The smallest absolute Gasteiger partial charge is 0.277 e. The van der Waals surface area contributed by atoms with Crippen molar-refractivity contribution in [1.29, 1.82) is 0 Å². The van der Waals surface area contributed by atoms with E-state index in [2.05, 4.69) is 101 Å². The van der Waals surface area contributed by atoms with Crippen molar-refractivity contribution in [3.05, 3.63) is 56.8 Å². The second-order valence-electron chi connectivity index (χ2n) is 8.14. The summed E-state index contributed by atoms with van der Waals surface area (Å²) in [5.74, 6) is 3.29. The first-order chi connectivity index (χ1) is 14.3. The summed E-state index contributed by atoms with van der Waals surface area (Å²) < 4.78 is 12.9. The van der Waals surface area contributed by atoms with Gasteiger partial charge in [-0.2, -0.15) is 0 Å². The van der Waals surface area contributed by atoms with E-state index in [0.717, 1.165) is 5.75 Å². The molecule has 1 aliphatic carbocycles. The number of aromatic nitrogens is 4. The maximum atomic E-state index is 5.91. The number of benzene rings is 1. The van der Waals surface area contributed by atoms with Gasteiger partial charge >= 0.3 is 0 Å². The number of thioether (sulfide) groups is 2. The lowest BCUT2D eigenvalue weighted by atomic mass is 10.1. The third-order valence-corrected chi connectivity index (χ3v) is 7.57. The molecule has 1 aromatic carbocycles. The topological polar surface area (TPSA) is 77.8 Å². The number of allylic oxidation sites excluding steroid dienone is 2. The lowest BCUT2D eigenvalue weighted by Gasteiger charge is -1.98. The van der Waals surface area contributed by atoms with Crippen LogP contribution in [0, 0.1) is 14.9 Å². The molecule has 2 aromatic heterocycles. The average Bonchev–Trinajstić information content (AvgIpc) is 3.11. The molecule has 0 saturated heterocycles. The summed E-state index contributed by atoms with van der Waals surface area (Å²) in [6.07, 6.45) is 2.30. The average molecular weight is 554 g/mol. The largest absolute Gasteiger partial charge is 0.416 e. The second kappa shape index (κ2) is 9.04. The molecule has 6 nitrogen and oxygen atoms in total. The highest BCUT2D eigenvalue weighted by Gasteiger charge is 2.60. The predicted molar refractivity (Wildman–Crippen MR) is 126 cm³/mol. The van der Waals surface area contributed by atoms with Gasteiger partial charge in [-0.15, -0.1) is 20.4 Å². The first-order valence-electron chi connectivity index (χ1n) is 9.64. The summed E-state index contributed by atoms with van der Waals surface area (Å²) in [5, 5.41) is 17.8. The van der Waals surface area contributed by atoms with Crippen molar-refractivity contribution >= 4 is 46.1 Å². The van der Waals surface area contributed by atoms with Crippen molar-refractivity contribution < 1.29 is 8.83 Å². The van der Waals surface area contributed by atoms with E-state index in [-0.39, 0.29) is 11.3 Å². The molecule has 3 aromatic rings. The van der Waals surface area contributed by atoms with Crippen LogP contribution in [0.5, 0.6) is 0 Å². The molecule has 1 fully saturated rings. The Morgan fingerprint density at radius 1 is 1.00 bits per heavy atom. The molecule has 0 unspecified atom stereocenters. The van der Waals surface area contributed by atoms with Crippen molar-refractivity contribution in [1.82, 2.24) is 20.4 Å². The van der Waals surface area contributed by atoms with Crippen molar-refractivity contribution in [3.63, 3.8) is 0 Å². The van der Waals surface area contributed by atoms with Crippen LogP contribution in [0.3, 0.4) is 0 Å². The molecule has 0 N–H and O–H groups in total. The molecule has 9 heteroatoms. The van der Waals surface area contributed by atoms with Gasteiger partial charge in [0.15, 0.2) is 0 Å². The Labute approximate surface area is 198 Å².